The number of pyridine rings is 2. The zero-order valence-corrected chi connectivity index (χ0v) is 20.4. The summed E-state index contributed by atoms with van der Waals surface area (Å²) in [6.07, 6.45) is 9.70. The highest BCUT2D eigenvalue weighted by molar-refractivity contribution is 5.88. The molecule has 0 saturated carbocycles. The molecule has 1 aliphatic heterocycles. The highest BCUT2D eigenvalue weighted by Crippen LogP contribution is 2.38. The van der Waals surface area contributed by atoms with E-state index in [1.807, 2.05) is 54.6 Å². The summed E-state index contributed by atoms with van der Waals surface area (Å²) in [6.45, 7) is 2.86. The van der Waals surface area contributed by atoms with Gasteiger partial charge in [0.1, 0.15) is 16.8 Å². The SMILES string of the molecule is CN1CCC[C@@H](COc2cc(-c3ccc(C#N)cc3)c(-c3cnc4c(c3)ncn4C)n3cncc23)C1. The Labute approximate surface area is 209 Å². The van der Waals surface area contributed by atoms with Crippen molar-refractivity contribution in [3.05, 3.63) is 67.0 Å². The number of hydrogen-bond donors (Lipinski definition) is 0. The molecule has 0 N–H and O–H groups in total. The molecule has 0 unspecified atom stereocenters. The zero-order chi connectivity index (χ0) is 24.6. The van der Waals surface area contributed by atoms with Crippen molar-refractivity contribution in [2.45, 2.75) is 12.8 Å². The largest absolute Gasteiger partial charge is 0.491 e. The first-order chi connectivity index (χ1) is 17.6. The lowest BCUT2D eigenvalue weighted by Gasteiger charge is -2.29. The lowest BCUT2D eigenvalue weighted by molar-refractivity contribution is 0.151. The van der Waals surface area contributed by atoms with Crippen LogP contribution in [0.4, 0.5) is 0 Å². The van der Waals surface area contributed by atoms with Crippen molar-refractivity contribution < 1.29 is 4.74 Å². The minimum Gasteiger partial charge on any atom is -0.491 e. The van der Waals surface area contributed by atoms with Crippen molar-refractivity contribution in [3.63, 3.8) is 0 Å². The Morgan fingerprint density at radius 3 is 2.72 bits per heavy atom. The summed E-state index contributed by atoms with van der Waals surface area (Å²) >= 11 is 0. The Balaban J connectivity index is 1.49. The second-order valence-electron chi connectivity index (χ2n) is 9.61. The number of benzene rings is 1. The second kappa shape index (κ2) is 9.10. The van der Waals surface area contributed by atoms with Gasteiger partial charge in [0, 0.05) is 36.8 Å². The summed E-state index contributed by atoms with van der Waals surface area (Å²) in [5, 5.41) is 9.30. The minimum absolute atomic E-state index is 0.500. The Kier molecular flexibility index (Phi) is 5.62. The van der Waals surface area contributed by atoms with Crippen LogP contribution in [0, 0.1) is 17.2 Å². The molecule has 36 heavy (non-hydrogen) atoms. The third-order valence-electron chi connectivity index (χ3n) is 7.01. The average molecular weight is 478 g/mol. The summed E-state index contributed by atoms with van der Waals surface area (Å²) in [5.74, 6) is 1.30. The van der Waals surface area contributed by atoms with Gasteiger partial charge in [-0.2, -0.15) is 5.26 Å². The molecule has 1 atom stereocenters. The molecular formula is C28H27N7O. The van der Waals surface area contributed by atoms with E-state index in [9.17, 15) is 5.26 Å². The van der Waals surface area contributed by atoms with Crippen LogP contribution in [0.15, 0.2) is 61.4 Å². The topological polar surface area (TPSA) is 84.3 Å². The average Bonchev–Trinajstić information content (AvgIpc) is 3.54. The third-order valence-corrected chi connectivity index (χ3v) is 7.01. The van der Waals surface area contributed by atoms with Crippen LogP contribution in [-0.4, -0.2) is 55.6 Å². The van der Waals surface area contributed by atoms with Crippen LogP contribution in [0.5, 0.6) is 5.75 Å². The van der Waals surface area contributed by atoms with E-state index in [0.29, 0.717) is 18.1 Å². The van der Waals surface area contributed by atoms with Gasteiger partial charge in [-0.05, 0) is 56.3 Å². The summed E-state index contributed by atoms with van der Waals surface area (Å²) in [6, 6.07) is 14.0. The molecule has 0 amide bonds. The second-order valence-corrected chi connectivity index (χ2v) is 9.61. The molecule has 0 radical (unpaired) electrons. The van der Waals surface area contributed by atoms with Gasteiger partial charge in [-0.3, -0.25) is 4.40 Å². The lowest BCUT2D eigenvalue weighted by Crippen LogP contribution is -2.34. The molecule has 1 saturated heterocycles. The van der Waals surface area contributed by atoms with Gasteiger partial charge in [0.2, 0.25) is 0 Å². The number of likely N-dealkylation sites (tertiary alicyclic amines) is 1. The predicted molar refractivity (Wildman–Crippen MR) is 139 cm³/mol. The van der Waals surface area contributed by atoms with Crippen molar-refractivity contribution in [2.24, 2.45) is 13.0 Å². The van der Waals surface area contributed by atoms with Crippen molar-refractivity contribution >= 4 is 16.7 Å². The van der Waals surface area contributed by atoms with E-state index in [-0.39, 0.29) is 0 Å². The van der Waals surface area contributed by atoms with E-state index in [4.69, 9.17) is 4.74 Å². The number of nitriles is 1. The van der Waals surface area contributed by atoms with Gasteiger partial charge in [0.25, 0.3) is 0 Å². The van der Waals surface area contributed by atoms with E-state index in [1.165, 1.54) is 12.8 Å². The Bertz CT molecular complexity index is 1590. The molecule has 4 aromatic heterocycles. The van der Waals surface area contributed by atoms with Crippen LogP contribution in [0.2, 0.25) is 0 Å². The van der Waals surface area contributed by atoms with E-state index in [0.717, 1.165) is 57.9 Å². The van der Waals surface area contributed by atoms with Crippen LogP contribution >= 0.6 is 0 Å². The number of aromatic nitrogens is 5. The van der Waals surface area contributed by atoms with E-state index in [1.54, 1.807) is 6.33 Å². The molecule has 1 fully saturated rings. The number of rotatable bonds is 5. The summed E-state index contributed by atoms with van der Waals surface area (Å²) in [5.41, 5.74) is 7.06. The molecule has 0 bridgehead atoms. The van der Waals surface area contributed by atoms with E-state index < -0.39 is 0 Å². The maximum absolute atomic E-state index is 9.30. The Morgan fingerprint density at radius 2 is 1.92 bits per heavy atom. The van der Waals surface area contributed by atoms with Gasteiger partial charge < -0.3 is 14.2 Å². The van der Waals surface area contributed by atoms with Crippen molar-refractivity contribution in [1.29, 1.82) is 5.26 Å². The molecule has 6 rings (SSSR count). The number of hydrogen-bond acceptors (Lipinski definition) is 6. The van der Waals surface area contributed by atoms with Crippen LogP contribution in [0.25, 0.3) is 39.1 Å². The number of ether oxygens (including phenoxy) is 1. The first kappa shape index (κ1) is 22.3. The first-order valence-corrected chi connectivity index (χ1v) is 12.2. The number of imidazole rings is 2. The molecule has 5 aromatic rings. The van der Waals surface area contributed by atoms with Crippen molar-refractivity contribution in [2.75, 3.05) is 26.7 Å². The molecule has 0 spiro atoms. The van der Waals surface area contributed by atoms with Crippen LogP contribution in [0.3, 0.4) is 0 Å². The molecule has 1 aromatic carbocycles. The van der Waals surface area contributed by atoms with Gasteiger partial charge in [-0.15, -0.1) is 0 Å². The first-order valence-electron chi connectivity index (χ1n) is 12.2. The van der Waals surface area contributed by atoms with Gasteiger partial charge >= 0.3 is 0 Å². The highest BCUT2D eigenvalue weighted by Gasteiger charge is 2.21. The minimum atomic E-state index is 0.500. The molecule has 0 aliphatic carbocycles. The maximum Gasteiger partial charge on any atom is 0.159 e. The van der Waals surface area contributed by atoms with Crippen LogP contribution in [-0.2, 0) is 7.05 Å². The van der Waals surface area contributed by atoms with Gasteiger partial charge in [-0.1, -0.05) is 12.1 Å². The predicted octanol–water partition coefficient (Wildman–Crippen LogP) is 4.54. The molecule has 8 nitrogen and oxygen atoms in total. The van der Waals surface area contributed by atoms with Gasteiger partial charge in [0.15, 0.2) is 5.65 Å². The summed E-state index contributed by atoms with van der Waals surface area (Å²) < 4.78 is 10.4. The lowest BCUT2D eigenvalue weighted by atomic mass is 9.98. The normalized spacial score (nSPS) is 16.4. The Morgan fingerprint density at radius 1 is 1.06 bits per heavy atom. The number of nitrogens with zero attached hydrogens (tertiary/aromatic N) is 7. The highest BCUT2D eigenvalue weighted by atomic mass is 16.5. The van der Waals surface area contributed by atoms with E-state index >= 15 is 0 Å². The standard InChI is InChI=1S/C28H27N7O/c1-33-9-3-4-20(15-33)16-36-26-11-23(21-7-5-19(12-29)6-8-21)27(35-17-30-14-25(26)35)22-10-24-28(31-13-22)34(2)18-32-24/h5-8,10-11,13-14,17-18,20H,3-4,9,15-16H2,1-2H3/t20-/m1/s1. The fourth-order valence-electron chi connectivity index (χ4n) is 5.18. The van der Waals surface area contributed by atoms with Crippen LogP contribution < -0.4 is 4.74 Å². The van der Waals surface area contributed by atoms with Crippen molar-refractivity contribution in [3.8, 4) is 34.2 Å². The van der Waals surface area contributed by atoms with Crippen LogP contribution in [0.1, 0.15) is 18.4 Å². The molecule has 1 aliphatic rings. The quantitative estimate of drug-likeness (QED) is 0.369. The monoisotopic (exact) mass is 477 g/mol. The van der Waals surface area contributed by atoms with Crippen molar-refractivity contribution in [1.82, 2.24) is 28.8 Å². The number of fused-ring (bicyclic) bond motifs is 2. The smallest absolute Gasteiger partial charge is 0.159 e. The number of aryl methyl sites for hydroxylation is 1. The fraction of sp³-hybridized carbons (Fsp3) is 0.286. The zero-order valence-electron chi connectivity index (χ0n) is 20.4. The van der Waals surface area contributed by atoms with E-state index in [2.05, 4.69) is 49.5 Å². The fourth-order valence-corrected chi connectivity index (χ4v) is 5.18. The third kappa shape index (κ3) is 3.97. The molecule has 8 heteroatoms. The molecule has 5 heterocycles. The van der Waals surface area contributed by atoms with Gasteiger partial charge in [-0.25, -0.2) is 15.0 Å². The maximum atomic E-state index is 9.30. The summed E-state index contributed by atoms with van der Waals surface area (Å²) in [7, 11) is 4.11. The molecule has 180 valence electrons. The molecular weight excluding hydrogens is 450 g/mol. The number of piperidine rings is 1. The van der Waals surface area contributed by atoms with Gasteiger partial charge in [0.05, 0.1) is 42.8 Å². The Hall–Kier alpha value is -4.22. The summed E-state index contributed by atoms with van der Waals surface area (Å²) in [4.78, 5) is 16.0.